The van der Waals surface area contributed by atoms with E-state index < -0.39 is 0 Å². The summed E-state index contributed by atoms with van der Waals surface area (Å²) in [6.07, 6.45) is 2.17. The average Bonchev–Trinajstić information content (AvgIpc) is 3.04. The number of nitrogens with zero attached hydrogens (tertiary/aromatic N) is 2. The summed E-state index contributed by atoms with van der Waals surface area (Å²) in [5, 5.41) is 0.656. The van der Waals surface area contributed by atoms with E-state index >= 15 is 0 Å². The molecule has 0 aliphatic carbocycles. The van der Waals surface area contributed by atoms with Gasteiger partial charge in [-0.3, -0.25) is 9.69 Å². The van der Waals surface area contributed by atoms with Gasteiger partial charge in [0, 0.05) is 6.54 Å². The van der Waals surface area contributed by atoms with Gasteiger partial charge in [0.05, 0.1) is 16.9 Å². The van der Waals surface area contributed by atoms with E-state index in [4.69, 9.17) is 4.98 Å². The first-order valence-corrected chi connectivity index (χ1v) is 8.08. The topological polar surface area (TPSA) is 49.0 Å². The van der Waals surface area contributed by atoms with Gasteiger partial charge in [0.15, 0.2) is 0 Å². The van der Waals surface area contributed by atoms with E-state index in [0.717, 1.165) is 37.3 Å². The predicted molar refractivity (Wildman–Crippen MR) is 91.2 cm³/mol. The number of aromatic nitrogens is 2. The Morgan fingerprint density at radius 3 is 2.74 bits per heavy atom. The van der Waals surface area contributed by atoms with Crippen molar-refractivity contribution in [2.75, 3.05) is 6.54 Å². The van der Waals surface area contributed by atoms with Crippen LogP contribution in [0.2, 0.25) is 0 Å². The van der Waals surface area contributed by atoms with Crippen LogP contribution in [0.3, 0.4) is 0 Å². The number of para-hydroxylation sites is 1. The highest BCUT2D eigenvalue weighted by molar-refractivity contribution is 5.77. The van der Waals surface area contributed by atoms with Gasteiger partial charge < -0.3 is 4.98 Å². The molecule has 23 heavy (non-hydrogen) atoms. The number of nitrogens with one attached hydrogen (secondary N) is 1. The predicted octanol–water partition coefficient (Wildman–Crippen LogP) is 3.26. The Labute approximate surface area is 134 Å². The van der Waals surface area contributed by atoms with Gasteiger partial charge in [0.2, 0.25) is 0 Å². The van der Waals surface area contributed by atoms with Crippen LogP contribution >= 0.6 is 0 Å². The van der Waals surface area contributed by atoms with Crippen LogP contribution in [-0.2, 0) is 6.54 Å². The van der Waals surface area contributed by atoms with E-state index in [0.29, 0.717) is 5.39 Å². The smallest absolute Gasteiger partial charge is 0.258 e. The minimum atomic E-state index is -0.0443. The molecule has 0 bridgehead atoms. The van der Waals surface area contributed by atoms with Crippen molar-refractivity contribution in [3.05, 3.63) is 76.3 Å². The monoisotopic (exact) mass is 305 g/mol. The maximum atomic E-state index is 12.3. The van der Waals surface area contributed by atoms with E-state index in [9.17, 15) is 4.79 Å². The second-order valence-corrected chi connectivity index (χ2v) is 6.08. The SMILES string of the molecule is O=c1[nH]c(C2CCCN2Cc2ccccc2)nc2ccccc12. The van der Waals surface area contributed by atoms with E-state index in [1.807, 2.05) is 30.3 Å². The summed E-state index contributed by atoms with van der Waals surface area (Å²) in [6, 6.07) is 18.2. The summed E-state index contributed by atoms with van der Waals surface area (Å²) in [7, 11) is 0. The first-order valence-electron chi connectivity index (χ1n) is 8.08. The van der Waals surface area contributed by atoms with E-state index in [1.165, 1.54) is 5.56 Å². The highest BCUT2D eigenvalue weighted by Gasteiger charge is 2.28. The molecule has 0 saturated carbocycles. The van der Waals surface area contributed by atoms with Crippen LogP contribution in [0, 0.1) is 0 Å². The zero-order valence-electron chi connectivity index (χ0n) is 12.9. The molecule has 4 rings (SSSR count). The molecule has 3 aromatic rings. The first-order chi connectivity index (χ1) is 11.3. The van der Waals surface area contributed by atoms with Gasteiger partial charge in [0.1, 0.15) is 5.82 Å². The van der Waals surface area contributed by atoms with Crippen molar-refractivity contribution in [3.63, 3.8) is 0 Å². The molecule has 4 heteroatoms. The van der Waals surface area contributed by atoms with Crippen LogP contribution in [0.25, 0.3) is 10.9 Å². The summed E-state index contributed by atoms with van der Waals surface area (Å²) >= 11 is 0. The lowest BCUT2D eigenvalue weighted by Gasteiger charge is -2.23. The molecular formula is C19H19N3O. The Morgan fingerprint density at radius 1 is 1.09 bits per heavy atom. The lowest BCUT2D eigenvalue weighted by Crippen LogP contribution is -2.26. The summed E-state index contributed by atoms with van der Waals surface area (Å²) in [4.78, 5) is 22.4. The van der Waals surface area contributed by atoms with Crippen LogP contribution in [0.5, 0.6) is 0 Å². The zero-order valence-corrected chi connectivity index (χ0v) is 12.9. The molecule has 0 spiro atoms. The average molecular weight is 305 g/mol. The molecule has 1 saturated heterocycles. The number of likely N-dealkylation sites (tertiary alicyclic amines) is 1. The quantitative estimate of drug-likeness (QED) is 0.808. The van der Waals surface area contributed by atoms with Gasteiger partial charge in [-0.05, 0) is 37.1 Å². The Hall–Kier alpha value is -2.46. The standard InChI is InChI=1S/C19H19N3O/c23-19-15-9-4-5-10-16(15)20-18(21-19)17-11-6-12-22(17)13-14-7-2-1-3-8-14/h1-5,7-10,17H,6,11-13H2,(H,20,21,23). The largest absolute Gasteiger partial charge is 0.309 e. The van der Waals surface area contributed by atoms with Gasteiger partial charge in [-0.2, -0.15) is 0 Å². The van der Waals surface area contributed by atoms with E-state index in [1.54, 1.807) is 0 Å². The lowest BCUT2D eigenvalue weighted by molar-refractivity contribution is 0.240. The molecule has 4 nitrogen and oxygen atoms in total. The normalized spacial score (nSPS) is 18.5. The summed E-state index contributed by atoms with van der Waals surface area (Å²) in [5.41, 5.74) is 2.03. The zero-order chi connectivity index (χ0) is 15.6. The minimum absolute atomic E-state index is 0.0443. The van der Waals surface area contributed by atoms with Gasteiger partial charge in [-0.15, -0.1) is 0 Å². The molecule has 1 aromatic heterocycles. The summed E-state index contributed by atoms with van der Waals surface area (Å²) in [6.45, 7) is 1.93. The van der Waals surface area contributed by atoms with Gasteiger partial charge in [-0.25, -0.2) is 4.98 Å². The molecule has 1 aliphatic heterocycles. The number of hydrogen-bond donors (Lipinski definition) is 1. The minimum Gasteiger partial charge on any atom is -0.309 e. The van der Waals surface area contributed by atoms with Crippen molar-refractivity contribution in [2.24, 2.45) is 0 Å². The van der Waals surface area contributed by atoms with E-state index in [-0.39, 0.29) is 11.6 Å². The maximum absolute atomic E-state index is 12.3. The number of rotatable bonds is 3. The third-order valence-corrected chi connectivity index (χ3v) is 4.54. The van der Waals surface area contributed by atoms with Gasteiger partial charge in [0.25, 0.3) is 5.56 Å². The Balaban J connectivity index is 1.67. The van der Waals surface area contributed by atoms with Crippen molar-refractivity contribution >= 4 is 10.9 Å². The second kappa shape index (κ2) is 5.97. The van der Waals surface area contributed by atoms with E-state index in [2.05, 4.69) is 34.1 Å². The summed E-state index contributed by atoms with van der Waals surface area (Å²) < 4.78 is 0. The van der Waals surface area contributed by atoms with Crippen molar-refractivity contribution in [3.8, 4) is 0 Å². The second-order valence-electron chi connectivity index (χ2n) is 6.08. The van der Waals surface area contributed by atoms with Crippen LogP contribution in [0.15, 0.2) is 59.4 Å². The molecule has 1 fully saturated rings. The number of fused-ring (bicyclic) bond motifs is 1. The number of benzene rings is 2. The molecular weight excluding hydrogens is 286 g/mol. The molecule has 1 aliphatic rings. The Kier molecular flexibility index (Phi) is 3.67. The van der Waals surface area contributed by atoms with Crippen molar-refractivity contribution in [1.82, 2.24) is 14.9 Å². The van der Waals surface area contributed by atoms with Crippen LogP contribution in [0.1, 0.15) is 30.3 Å². The molecule has 1 unspecified atom stereocenters. The molecule has 2 aromatic carbocycles. The van der Waals surface area contributed by atoms with Crippen molar-refractivity contribution < 1.29 is 0 Å². The number of aromatic amines is 1. The highest BCUT2D eigenvalue weighted by atomic mass is 16.1. The number of hydrogen-bond acceptors (Lipinski definition) is 3. The third-order valence-electron chi connectivity index (χ3n) is 4.54. The molecule has 0 radical (unpaired) electrons. The van der Waals surface area contributed by atoms with Crippen molar-refractivity contribution in [1.29, 1.82) is 0 Å². The summed E-state index contributed by atoms with van der Waals surface area (Å²) in [5.74, 6) is 0.794. The highest BCUT2D eigenvalue weighted by Crippen LogP contribution is 2.31. The number of H-pyrrole nitrogens is 1. The molecule has 116 valence electrons. The van der Waals surface area contributed by atoms with Crippen LogP contribution < -0.4 is 5.56 Å². The Morgan fingerprint density at radius 2 is 1.87 bits per heavy atom. The van der Waals surface area contributed by atoms with Gasteiger partial charge >= 0.3 is 0 Å². The fourth-order valence-corrected chi connectivity index (χ4v) is 3.41. The van der Waals surface area contributed by atoms with Crippen LogP contribution in [-0.4, -0.2) is 21.4 Å². The van der Waals surface area contributed by atoms with Gasteiger partial charge in [-0.1, -0.05) is 42.5 Å². The molecule has 0 amide bonds. The van der Waals surface area contributed by atoms with Crippen LogP contribution in [0.4, 0.5) is 0 Å². The fraction of sp³-hybridized carbons (Fsp3) is 0.263. The molecule has 1 atom stereocenters. The Bertz CT molecular complexity index is 872. The maximum Gasteiger partial charge on any atom is 0.258 e. The third kappa shape index (κ3) is 2.78. The lowest BCUT2D eigenvalue weighted by atomic mass is 10.1. The van der Waals surface area contributed by atoms with Crippen molar-refractivity contribution in [2.45, 2.75) is 25.4 Å². The first kappa shape index (κ1) is 14.2. The fourth-order valence-electron chi connectivity index (χ4n) is 3.41. The molecule has 1 N–H and O–H groups in total. The molecule has 2 heterocycles.